The number of anilines is 1. The van der Waals surface area contributed by atoms with Crippen molar-refractivity contribution in [3.63, 3.8) is 0 Å². The van der Waals surface area contributed by atoms with Gasteiger partial charge in [0.25, 0.3) is 0 Å². The molecule has 0 aliphatic rings. The molecule has 0 atom stereocenters. The molecule has 0 spiro atoms. The molecule has 0 aliphatic heterocycles. The van der Waals surface area contributed by atoms with Crippen LogP contribution in [0.2, 0.25) is 0 Å². The van der Waals surface area contributed by atoms with Crippen LogP contribution in [-0.2, 0) is 11.8 Å². The fraction of sp³-hybridized carbons (Fsp3) is 0.214. The Balaban J connectivity index is 1.59. The number of tetrazole rings is 1. The Hall–Kier alpha value is -2.26. The van der Waals surface area contributed by atoms with Gasteiger partial charge >= 0.3 is 0 Å². The number of rotatable bonds is 5. The Morgan fingerprint density at radius 2 is 2.13 bits per heavy atom. The van der Waals surface area contributed by atoms with Crippen LogP contribution in [-0.4, -0.2) is 36.9 Å². The topological polar surface area (TPSA) is 85.6 Å². The number of thiazole rings is 1. The Kier molecular flexibility index (Phi) is 4.68. The molecule has 23 heavy (non-hydrogen) atoms. The molecule has 2 aromatic heterocycles. The van der Waals surface area contributed by atoms with E-state index in [0.717, 1.165) is 11.3 Å². The maximum atomic E-state index is 12.0. The highest BCUT2D eigenvalue weighted by Crippen LogP contribution is 2.25. The number of thioether (sulfide) groups is 1. The third kappa shape index (κ3) is 3.93. The zero-order chi connectivity index (χ0) is 16.2. The monoisotopic (exact) mass is 346 g/mol. The summed E-state index contributed by atoms with van der Waals surface area (Å²) in [4.78, 5) is 16.4. The predicted molar refractivity (Wildman–Crippen MR) is 90.4 cm³/mol. The van der Waals surface area contributed by atoms with Crippen molar-refractivity contribution in [2.75, 3.05) is 11.1 Å². The molecule has 3 rings (SSSR count). The minimum atomic E-state index is -0.136. The lowest BCUT2D eigenvalue weighted by molar-refractivity contribution is -0.113. The second-order valence-corrected chi connectivity index (χ2v) is 6.63. The molecule has 0 bridgehead atoms. The Bertz CT molecular complexity index is 811. The number of hydrogen-bond acceptors (Lipinski definition) is 7. The largest absolute Gasteiger partial charge is 0.301 e. The van der Waals surface area contributed by atoms with Crippen molar-refractivity contribution in [3.8, 4) is 11.3 Å². The molecule has 1 amide bonds. The van der Waals surface area contributed by atoms with Crippen molar-refractivity contribution in [2.24, 2.45) is 7.05 Å². The molecule has 0 saturated carbocycles. The van der Waals surface area contributed by atoms with Gasteiger partial charge in [-0.05, 0) is 17.4 Å². The number of nitrogens with one attached hydrogen (secondary N) is 1. The lowest BCUT2D eigenvalue weighted by atomic mass is 10.1. The molecule has 0 saturated heterocycles. The van der Waals surface area contributed by atoms with Crippen LogP contribution in [0.4, 0.5) is 5.13 Å². The number of benzene rings is 1. The van der Waals surface area contributed by atoms with Crippen molar-refractivity contribution in [1.82, 2.24) is 25.2 Å². The van der Waals surface area contributed by atoms with E-state index in [1.165, 1.54) is 33.3 Å². The van der Waals surface area contributed by atoms with E-state index in [4.69, 9.17) is 0 Å². The van der Waals surface area contributed by atoms with Crippen molar-refractivity contribution >= 4 is 34.1 Å². The molecule has 2 heterocycles. The zero-order valence-electron chi connectivity index (χ0n) is 12.6. The molecule has 0 radical (unpaired) electrons. The normalized spacial score (nSPS) is 10.7. The highest BCUT2D eigenvalue weighted by Gasteiger charge is 2.10. The summed E-state index contributed by atoms with van der Waals surface area (Å²) in [6.45, 7) is 2.04. The minimum Gasteiger partial charge on any atom is -0.301 e. The van der Waals surface area contributed by atoms with Gasteiger partial charge in [-0.1, -0.05) is 41.6 Å². The van der Waals surface area contributed by atoms with Crippen LogP contribution in [0.3, 0.4) is 0 Å². The van der Waals surface area contributed by atoms with E-state index >= 15 is 0 Å². The number of carbonyl (C=O) groups excluding carboxylic acids is 1. The first-order valence-corrected chi connectivity index (χ1v) is 8.66. The summed E-state index contributed by atoms with van der Waals surface area (Å²) in [6, 6.07) is 8.12. The van der Waals surface area contributed by atoms with Crippen LogP contribution >= 0.6 is 23.1 Å². The summed E-state index contributed by atoms with van der Waals surface area (Å²) in [7, 11) is 1.73. The van der Waals surface area contributed by atoms with Crippen molar-refractivity contribution < 1.29 is 4.79 Å². The highest BCUT2D eigenvalue weighted by atomic mass is 32.2. The zero-order valence-corrected chi connectivity index (χ0v) is 14.2. The fourth-order valence-corrected chi connectivity index (χ4v) is 3.20. The van der Waals surface area contributed by atoms with E-state index in [9.17, 15) is 4.79 Å². The van der Waals surface area contributed by atoms with Gasteiger partial charge in [0.05, 0.1) is 11.4 Å². The number of nitrogens with zero attached hydrogens (tertiary/aromatic N) is 5. The first-order chi connectivity index (χ1) is 11.1. The summed E-state index contributed by atoms with van der Waals surface area (Å²) in [5.41, 5.74) is 3.09. The molecule has 1 N–H and O–H groups in total. The number of carbonyl (C=O) groups is 1. The summed E-state index contributed by atoms with van der Waals surface area (Å²) in [6.07, 6.45) is 0. The summed E-state index contributed by atoms with van der Waals surface area (Å²) in [5, 5.41) is 17.0. The molecule has 1 aromatic carbocycles. The SMILES string of the molecule is Cc1ccc(-c2csc(NC(=O)CSc3nnnn3C)n2)cc1. The smallest absolute Gasteiger partial charge is 0.236 e. The molecule has 0 unspecified atom stereocenters. The minimum absolute atomic E-state index is 0.136. The first-order valence-electron chi connectivity index (χ1n) is 6.79. The number of aryl methyl sites for hydroxylation is 2. The van der Waals surface area contributed by atoms with E-state index < -0.39 is 0 Å². The van der Waals surface area contributed by atoms with E-state index in [0.29, 0.717) is 10.3 Å². The van der Waals surface area contributed by atoms with Gasteiger partial charge in [-0.25, -0.2) is 9.67 Å². The third-order valence-corrected chi connectivity index (χ3v) is 4.78. The van der Waals surface area contributed by atoms with Gasteiger partial charge in [-0.15, -0.1) is 16.4 Å². The summed E-state index contributed by atoms with van der Waals surface area (Å²) < 4.78 is 1.52. The van der Waals surface area contributed by atoms with Crippen LogP contribution in [0.15, 0.2) is 34.8 Å². The summed E-state index contributed by atoms with van der Waals surface area (Å²) >= 11 is 2.68. The third-order valence-electron chi connectivity index (χ3n) is 3.01. The molecule has 3 aromatic rings. The van der Waals surface area contributed by atoms with Crippen LogP contribution in [0.1, 0.15) is 5.56 Å². The Morgan fingerprint density at radius 1 is 1.35 bits per heavy atom. The Morgan fingerprint density at radius 3 is 2.83 bits per heavy atom. The predicted octanol–water partition coefficient (Wildman–Crippen LogP) is 2.37. The number of amides is 1. The van der Waals surface area contributed by atoms with Crippen molar-refractivity contribution in [3.05, 3.63) is 35.2 Å². The number of hydrogen-bond donors (Lipinski definition) is 1. The molecule has 118 valence electrons. The van der Waals surface area contributed by atoms with Gasteiger partial charge in [-0.2, -0.15) is 0 Å². The molecule has 7 nitrogen and oxygen atoms in total. The van der Waals surface area contributed by atoms with Crippen LogP contribution in [0, 0.1) is 6.92 Å². The van der Waals surface area contributed by atoms with Crippen LogP contribution in [0.5, 0.6) is 0 Å². The van der Waals surface area contributed by atoms with E-state index in [1.807, 2.05) is 36.6 Å². The molecular formula is C14H14N6OS2. The summed E-state index contributed by atoms with van der Waals surface area (Å²) in [5.74, 6) is 0.0935. The molecular weight excluding hydrogens is 332 g/mol. The highest BCUT2D eigenvalue weighted by molar-refractivity contribution is 7.99. The second kappa shape index (κ2) is 6.88. The van der Waals surface area contributed by atoms with E-state index in [1.54, 1.807) is 7.05 Å². The van der Waals surface area contributed by atoms with Crippen molar-refractivity contribution in [2.45, 2.75) is 12.1 Å². The lowest BCUT2D eigenvalue weighted by Crippen LogP contribution is -2.14. The molecule has 9 heteroatoms. The van der Waals surface area contributed by atoms with E-state index in [2.05, 4.69) is 25.8 Å². The van der Waals surface area contributed by atoms with Crippen LogP contribution < -0.4 is 5.32 Å². The standard InChI is InChI=1S/C14H14N6OS2/c1-9-3-5-10(6-4-9)11-7-22-13(15-11)16-12(21)8-23-14-17-18-19-20(14)2/h3-7H,8H2,1-2H3,(H,15,16,21). The van der Waals surface area contributed by atoms with Gasteiger partial charge in [0.15, 0.2) is 5.13 Å². The molecule has 0 aliphatic carbocycles. The average Bonchev–Trinajstić information content (AvgIpc) is 3.15. The van der Waals surface area contributed by atoms with Gasteiger partial charge in [-0.3, -0.25) is 4.79 Å². The lowest BCUT2D eigenvalue weighted by Gasteiger charge is -2.01. The number of aromatic nitrogens is 5. The quantitative estimate of drug-likeness (QED) is 0.714. The average molecular weight is 346 g/mol. The molecule has 0 fully saturated rings. The second-order valence-electron chi connectivity index (χ2n) is 4.83. The van der Waals surface area contributed by atoms with Gasteiger partial charge < -0.3 is 5.32 Å². The van der Waals surface area contributed by atoms with E-state index in [-0.39, 0.29) is 11.7 Å². The van der Waals surface area contributed by atoms with Crippen LogP contribution in [0.25, 0.3) is 11.3 Å². The maximum absolute atomic E-state index is 12.0. The Labute approximate surface area is 141 Å². The first kappa shape index (κ1) is 15.6. The fourth-order valence-electron chi connectivity index (χ4n) is 1.82. The van der Waals surface area contributed by atoms with Crippen molar-refractivity contribution in [1.29, 1.82) is 0 Å². The maximum Gasteiger partial charge on any atom is 0.236 e. The van der Waals surface area contributed by atoms with Gasteiger partial charge in [0.1, 0.15) is 0 Å². The van der Waals surface area contributed by atoms with Gasteiger partial charge in [0.2, 0.25) is 11.1 Å². The van der Waals surface area contributed by atoms with Gasteiger partial charge in [0, 0.05) is 18.0 Å².